The van der Waals surface area contributed by atoms with Crippen LogP contribution in [0.3, 0.4) is 0 Å². The van der Waals surface area contributed by atoms with E-state index in [0.717, 1.165) is 26.5 Å². The number of halogens is 2. The van der Waals surface area contributed by atoms with Crippen molar-refractivity contribution < 1.29 is 4.74 Å². The predicted molar refractivity (Wildman–Crippen MR) is 94.8 cm³/mol. The van der Waals surface area contributed by atoms with Crippen molar-refractivity contribution in [2.75, 3.05) is 12.9 Å². The number of nitrogens with one attached hydrogen (secondary N) is 1. The van der Waals surface area contributed by atoms with E-state index in [0.29, 0.717) is 12.6 Å². The molecular weight excluding hydrogens is 402 g/mol. The lowest BCUT2D eigenvalue weighted by atomic mass is 10.1. The van der Waals surface area contributed by atoms with Gasteiger partial charge in [-0.25, -0.2) is 0 Å². The standard InChI is InChI=1S/C15H21Br2NOS/c1-3-19-15-10(7-11(16)8-12(15)17)9-18-13-5-4-6-14(13)20-2/h7-8,13-14,18H,3-6,9H2,1-2H3. The fourth-order valence-electron chi connectivity index (χ4n) is 2.73. The van der Waals surface area contributed by atoms with Gasteiger partial charge in [0.25, 0.3) is 0 Å². The third-order valence-electron chi connectivity index (χ3n) is 3.68. The zero-order chi connectivity index (χ0) is 14.5. The van der Waals surface area contributed by atoms with Crippen molar-refractivity contribution in [2.24, 2.45) is 0 Å². The van der Waals surface area contributed by atoms with Crippen molar-refractivity contribution in [3.63, 3.8) is 0 Å². The Bertz CT molecular complexity index is 456. The minimum absolute atomic E-state index is 0.622. The van der Waals surface area contributed by atoms with E-state index >= 15 is 0 Å². The van der Waals surface area contributed by atoms with Crippen LogP contribution in [0.25, 0.3) is 0 Å². The summed E-state index contributed by atoms with van der Waals surface area (Å²) in [6.45, 7) is 3.56. The minimum atomic E-state index is 0.622. The third kappa shape index (κ3) is 4.15. The number of thioether (sulfide) groups is 1. The molecule has 1 aliphatic carbocycles. The lowest BCUT2D eigenvalue weighted by Gasteiger charge is -2.21. The molecule has 1 aromatic carbocycles. The van der Waals surface area contributed by atoms with Crippen LogP contribution in [0.5, 0.6) is 5.75 Å². The molecule has 2 rings (SSSR count). The highest BCUT2D eigenvalue weighted by molar-refractivity contribution is 9.11. The molecule has 0 heterocycles. The maximum atomic E-state index is 5.78. The van der Waals surface area contributed by atoms with Gasteiger partial charge in [-0.1, -0.05) is 22.4 Å². The van der Waals surface area contributed by atoms with Crippen LogP contribution < -0.4 is 10.1 Å². The number of ether oxygens (including phenoxy) is 1. The first kappa shape index (κ1) is 16.7. The van der Waals surface area contributed by atoms with E-state index in [1.54, 1.807) is 0 Å². The van der Waals surface area contributed by atoms with Crippen LogP contribution in [0.15, 0.2) is 21.1 Å². The Morgan fingerprint density at radius 3 is 2.85 bits per heavy atom. The van der Waals surface area contributed by atoms with E-state index in [2.05, 4.69) is 49.5 Å². The maximum absolute atomic E-state index is 5.78. The average molecular weight is 423 g/mol. The highest BCUT2D eigenvalue weighted by atomic mass is 79.9. The summed E-state index contributed by atoms with van der Waals surface area (Å²) in [7, 11) is 0. The molecule has 0 aliphatic heterocycles. The predicted octanol–water partition coefficient (Wildman–Crippen LogP) is 4.98. The van der Waals surface area contributed by atoms with Gasteiger partial charge in [-0.15, -0.1) is 0 Å². The molecule has 0 amide bonds. The summed E-state index contributed by atoms with van der Waals surface area (Å²) in [6, 6.07) is 4.80. The van der Waals surface area contributed by atoms with Gasteiger partial charge in [-0.2, -0.15) is 11.8 Å². The monoisotopic (exact) mass is 421 g/mol. The molecule has 1 N–H and O–H groups in total. The topological polar surface area (TPSA) is 21.3 Å². The van der Waals surface area contributed by atoms with E-state index in [1.165, 1.54) is 24.8 Å². The number of hydrogen-bond acceptors (Lipinski definition) is 3. The normalized spacial score (nSPS) is 22.2. The number of benzene rings is 1. The van der Waals surface area contributed by atoms with E-state index < -0.39 is 0 Å². The fraction of sp³-hybridized carbons (Fsp3) is 0.600. The largest absolute Gasteiger partial charge is 0.492 e. The maximum Gasteiger partial charge on any atom is 0.138 e. The van der Waals surface area contributed by atoms with Gasteiger partial charge in [0.15, 0.2) is 0 Å². The molecule has 112 valence electrons. The second-order valence-electron chi connectivity index (χ2n) is 5.00. The lowest BCUT2D eigenvalue weighted by molar-refractivity contribution is 0.332. The van der Waals surface area contributed by atoms with Crippen LogP contribution in [0, 0.1) is 0 Å². The van der Waals surface area contributed by atoms with Crippen molar-refractivity contribution in [3.05, 3.63) is 26.6 Å². The van der Waals surface area contributed by atoms with Crippen molar-refractivity contribution in [1.82, 2.24) is 5.32 Å². The second-order valence-corrected chi connectivity index (χ2v) is 7.85. The molecule has 1 aliphatic rings. The molecule has 0 bridgehead atoms. The Morgan fingerprint density at radius 2 is 2.15 bits per heavy atom. The zero-order valence-corrected chi connectivity index (χ0v) is 15.9. The number of hydrogen-bond donors (Lipinski definition) is 1. The molecule has 1 fully saturated rings. The highest BCUT2D eigenvalue weighted by Gasteiger charge is 2.26. The summed E-state index contributed by atoms with van der Waals surface area (Å²) >= 11 is 9.14. The van der Waals surface area contributed by atoms with Crippen molar-refractivity contribution in [1.29, 1.82) is 0 Å². The van der Waals surface area contributed by atoms with Gasteiger partial charge in [0.1, 0.15) is 5.75 Å². The summed E-state index contributed by atoms with van der Waals surface area (Å²) in [5, 5.41) is 4.46. The van der Waals surface area contributed by atoms with Crippen LogP contribution in [-0.2, 0) is 6.54 Å². The van der Waals surface area contributed by atoms with Gasteiger partial charge < -0.3 is 10.1 Å². The van der Waals surface area contributed by atoms with Gasteiger partial charge in [-0.3, -0.25) is 0 Å². The van der Waals surface area contributed by atoms with Gasteiger partial charge >= 0.3 is 0 Å². The first-order valence-electron chi connectivity index (χ1n) is 7.02. The van der Waals surface area contributed by atoms with Crippen LogP contribution in [-0.4, -0.2) is 24.2 Å². The summed E-state index contributed by atoms with van der Waals surface area (Å²) < 4.78 is 7.87. The van der Waals surface area contributed by atoms with Gasteiger partial charge in [-0.05, 0) is 54.1 Å². The van der Waals surface area contributed by atoms with Crippen LogP contribution in [0.1, 0.15) is 31.7 Å². The van der Waals surface area contributed by atoms with Crippen LogP contribution in [0.4, 0.5) is 0 Å². The van der Waals surface area contributed by atoms with Crippen LogP contribution >= 0.6 is 43.6 Å². The Hall–Kier alpha value is 0.290. The fourth-order valence-corrected chi connectivity index (χ4v) is 5.13. The first-order valence-corrected chi connectivity index (χ1v) is 9.90. The third-order valence-corrected chi connectivity index (χ3v) is 5.90. The zero-order valence-electron chi connectivity index (χ0n) is 11.9. The summed E-state index contributed by atoms with van der Waals surface area (Å²) in [4.78, 5) is 0. The van der Waals surface area contributed by atoms with Crippen molar-refractivity contribution in [3.8, 4) is 5.75 Å². The molecule has 5 heteroatoms. The van der Waals surface area contributed by atoms with Gasteiger partial charge in [0.2, 0.25) is 0 Å². The van der Waals surface area contributed by atoms with Crippen molar-refractivity contribution in [2.45, 2.75) is 44.0 Å². The smallest absolute Gasteiger partial charge is 0.138 e. The lowest BCUT2D eigenvalue weighted by Crippen LogP contribution is -2.33. The Balaban J connectivity index is 2.08. The van der Waals surface area contributed by atoms with Gasteiger partial charge in [0, 0.05) is 27.9 Å². The molecule has 1 aromatic rings. The SMILES string of the molecule is CCOc1c(Br)cc(Br)cc1CNC1CCCC1SC. The molecule has 1 saturated carbocycles. The molecule has 2 nitrogen and oxygen atoms in total. The Morgan fingerprint density at radius 1 is 1.35 bits per heavy atom. The molecule has 2 unspecified atom stereocenters. The summed E-state index contributed by atoms with van der Waals surface area (Å²) in [6.07, 6.45) is 6.17. The Labute approximate surface area is 142 Å². The molecular formula is C15H21Br2NOS. The first-order chi connectivity index (χ1) is 9.65. The number of rotatable bonds is 6. The van der Waals surface area contributed by atoms with E-state index in [-0.39, 0.29) is 0 Å². The molecule has 0 radical (unpaired) electrons. The van der Waals surface area contributed by atoms with Gasteiger partial charge in [0.05, 0.1) is 11.1 Å². The second kappa shape index (κ2) is 8.06. The summed E-state index contributed by atoms with van der Waals surface area (Å²) in [5.41, 5.74) is 1.21. The van der Waals surface area contributed by atoms with E-state index in [1.807, 2.05) is 24.8 Å². The average Bonchev–Trinajstić information content (AvgIpc) is 2.87. The summed E-state index contributed by atoms with van der Waals surface area (Å²) in [5.74, 6) is 0.960. The molecule has 0 spiro atoms. The highest BCUT2D eigenvalue weighted by Crippen LogP contribution is 2.34. The van der Waals surface area contributed by atoms with E-state index in [9.17, 15) is 0 Å². The molecule has 20 heavy (non-hydrogen) atoms. The quantitative estimate of drug-likeness (QED) is 0.697. The Kier molecular flexibility index (Phi) is 6.72. The molecule has 0 aromatic heterocycles. The minimum Gasteiger partial charge on any atom is -0.492 e. The molecule has 2 atom stereocenters. The van der Waals surface area contributed by atoms with E-state index in [4.69, 9.17) is 4.74 Å². The molecule has 0 saturated heterocycles. The van der Waals surface area contributed by atoms with Crippen molar-refractivity contribution >= 4 is 43.6 Å². The van der Waals surface area contributed by atoms with Crippen LogP contribution in [0.2, 0.25) is 0 Å².